The standard InChI is InChI=1S/C12H18N2.C2H6/c1-13-8-9-14(2)12(10-13)11-6-4-3-5-7-11;1-2/h3-7,12H,8-10H2,1-2H3;1-2H3. The van der Waals surface area contributed by atoms with Crippen LogP contribution in [0.15, 0.2) is 30.3 Å². The van der Waals surface area contributed by atoms with E-state index in [-0.39, 0.29) is 0 Å². The maximum atomic E-state index is 2.44. The van der Waals surface area contributed by atoms with Crippen molar-refractivity contribution < 1.29 is 0 Å². The van der Waals surface area contributed by atoms with Crippen molar-refractivity contribution in [1.82, 2.24) is 9.80 Å². The van der Waals surface area contributed by atoms with Crippen LogP contribution in [0.3, 0.4) is 0 Å². The second-order valence-corrected chi connectivity index (χ2v) is 4.17. The highest BCUT2D eigenvalue weighted by Gasteiger charge is 2.22. The summed E-state index contributed by atoms with van der Waals surface area (Å²) in [5.41, 5.74) is 1.43. The molecule has 1 aromatic carbocycles. The van der Waals surface area contributed by atoms with Crippen molar-refractivity contribution in [2.45, 2.75) is 19.9 Å². The Bertz CT molecular complexity index is 284. The number of hydrogen-bond acceptors (Lipinski definition) is 2. The SMILES string of the molecule is CC.CN1CCN(C)C(c2ccccc2)C1. The number of nitrogens with zero attached hydrogens (tertiary/aromatic N) is 2. The Morgan fingerprint density at radius 1 is 1.00 bits per heavy atom. The molecule has 1 fully saturated rings. The van der Waals surface area contributed by atoms with Crippen molar-refractivity contribution in [2.75, 3.05) is 33.7 Å². The normalized spacial score (nSPS) is 22.4. The first kappa shape index (κ1) is 13.2. The van der Waals surface area contributed by atoms with Crippen LogP contribution in [0.4, 0.5) is 0 Å². The first-order chi connectivity index (χ1) is 7.77. The Morgan fingerprint density at radius 3 is 2.25 bits per heavy atom. The van der Waals surface area contributed by atoms with Crippen LogP contribution in [0.25, 0.3) is 0 Å². The molecule has 0 amide bonds. The minimum atomic E-state index is 0.565. The zero-order valence-electron chi connectivity index (χ0n) is 11.0. The van der Waals surface area contributed by atoms with Gasteiger partial charge in [-0.15, -0.1) is 0 Å². The Morgan fingerprint density at radius 2 is 1.62 bits per heavy atom. The monoisotopic (exact) mass is 220 g/mol. The topological polar surface area (TPSA) is 6.48 Å². The van der Waals surface area contributed by atoms with Gasteiger partial charge in [0.2, 0.25) is 0 Å². The van der Waals surface area contributed by atoms with Crippen LogP contribution >= 0.6 is 0 Å². The van der Waals surface area contributed by atoms with Gasteiger partial charge in [0.15, 0.2) is 0 Å². The summed E-state index contributed by atoms with van der Waals surface area (Å²) < 4.78 is 0. The molecule has 16 heavy (non-hydrogen) atoms. The summed E-state index contributed by atoms with van der Waals surface area (Å²) in [6, 6.07) is 11.3. The molecule has 0 bridgehead atoms. The number of benzene rings is 1. The minimum Gasteiger partial charge on any atom is -0.303 e. The largest absolute Gasteiger partial charge is 0.303 e. The van der Waals surface area contributed by atoms with Crippen LogP contribution in [0, 0.1) is 0 Å². The average Bonchev–Trinajstić information content (AvgIpc) is 2.36. The summed E-state index contributed by atoms with van der Waals surface area (Å²) in [6.45, 7) is 7.48. The van der Waals surface area contributed by atoms with Crippen molar-refractivity contribution in [1.29, 1.82) is 0 Å². The Kier molecular flexibility index (Phi) is 5.50. The quantitative estimate of drug-likeness (QED) is 0.718. The van der Waals surface area contributed by atoms with Crippen LogP contribution in [0.2, 0.25) is 0 Å². The molecule has 0 aromatic heterocycles. The fourth-order valence-electron chi connectivity index (χ4n) is 2.05. The number of piperazine rings is 1. The molecule has 0 N–H and O–H groups in total. The number of likely N-dealkylation sites (N-methyl/N-ethyl adjacent to an activating group) is 2. The van der Waals surface area contributed by atoms with E-state index in [0.29, 0.717) is 6.04 Å². The van der Waals surface area contributed by atoms with Crippen LogP contribution in [0.1, 0.15) is 25.5 Å². The molecule has 2 nitrogen and oxygen atoms in total. The van der Waals surface area contributed by atoms with Gasteiger partial charge in [-0.05, 0) is 19.7 Å². The summed E-state index contributed by atoms with van der Waals surface area (Å²) >= 11 is 0. The predicted octanol–water partition coefficient (Wildman–Crippen LogP) is 2.63. The lowest BCUT2D eigenvalue weighted by Gasteiger charge is -2.37. The van der Waals surface area contributed by atoms with E-state index in [0.717, 1.165) is 13.1 Å². The minimum absolute atomic E-state index is 0.565. The van der Waals surface area contributed by atoms with E-state index in [1.165, 1.54) is 12.1 Å². The molecule has 1 saturated heterocycles. The molecule has 2 rings (SSSR count). The van der Waals surface area contributed by atoms with Crippen molar-refractivity contribution in [3.05, 3.63) is 35.9 Å². The first-order valence-electron chi connectivity index (χ1n) is 6.21. The van der Waals surface area contributed by atoms with Crippen molar-refractivity contribution in [3.63, 3.8) is 0 Å². The van der Waals surface area contributed by atoms with Crippen LogP contribution < -0.4 is 0 Å². The fraction of sp³-hybridized carbons (Fsp3) is 0.571. The number of hydrogen-bond donors (Lipinski definition) is 0. The maximum absolute atomic E-state index is 2.44. The highest BCUT2D eigenvalue weighted by molar-refractivity contribution is 5.19. The molecule has 1 heterocycles. The average molecular weight is 220 g/mol. The molecular weight excluding hydrogens is 196 g/mol. The van der Waals surface area contributed by atoms with E-state index >= 15 is 0 Å². The third kappa shape index (κ3) is 3.32. The molecule has 0 aliphatic carbocycles. The first-order valence-corrected chi connectivity index (χ1v) is 6.21. The number of rotatable bonds is 1. The molecule has 1 aliphatic heterocycles. The summed E-state index contributed by atoms with van der Waals surface area (Å²) in [7, 11) is 4.41. The van der Waals surface area contributed by atoms with Crippen molar-refractivity contribution in [2.24, 2.45) is 0 Å². The summed E-state index contributed by atoms with van der Waals surface area (Å²) in [5, 5.41) is 0. The van der Waals surface area contributed by atoms with Gasteiger partial charge in [0, 0.05) is 25.7 Å². The smallest absolute Gasteiger partial charge is 0.0472 e. The van der Waals surface area contributed by atoms with Crippen molar-refractivity contribution in [3.8, 4) is 0 Å². The van der Waals surface area contributed by atoms with Gasteiger partial charge in [-0.1, -0.05) is 44.2 Å². The molecule has 90 valence electrons. The van der Waals surface area contributed by atoms with Crippen LogP contribution in [-0.2, 0) is 0 Å². The van der Waals surface area contributed by atoms with Gasteiger partial charge in [-0.25, -0.2) is 0 Å². The molecule has 1 atom stereocenters. The van der Waals surface area contributed by atoms with E-state index in [1.807, 2.05) is 13.8 Å². The molecule has 2 heteroatoms. The maximum Gasteiger partial charge on any atom is 0.0472 e. The summed E-state index contributed by atoms with van der Waals surface area (Å²) in [5.74, 6) is 0. The second kappa shape index (κ2) is 6.66. The molecule has 0 saturated carbocycles. The van der Waals surface area contributed by atoms with E-state index < -0.39 is 0 Å². The van der Waals surface area contributed by atoms with Crippen LogP contribution in [-0.4, -0.2) is 43.5 Å². The Hall–Kier alpha value is -0.860. The highest BCUT2D eigenvalue weighted by atomic mass is 15.3. The third-order valence-corrected chi connectivity index (χ3v) is 3.04. The van der Waals surface area contributed by atoms with E-state index in [1.54, 1.807) is 0 Å². The summed E-state index contributed by atoms with van der Waals surface area (Å²) in [6.07, 6.45) is 0. The Labute approximate surface area is 99.9 Å². The predicted molar refractivity (Wildman–Crippen MR) is 70.7 cm³/mol. The highest BCUT2D eigenvalue weighted by Crippen LogP contribution is 2.22. The molecule has 1 unspecified atom stereocenters. The molecular formula is C14H24N2. The van der Waals surface area contributed by atoms with Gasteiger partial charge in [-0.2, -0.15) is 0 Å². The lowest BCUT2D eigenvalue weighted by Crippen LogP contribution is -2.44. The van der Waals surface area contributed by atoms with Gasteiger partial charge in [0.05, 0.1) is 0 Å². The van der Waals surface area contributed by atoms with E-state index in [4.69, 9.17) is 0 Å². The second-order valence-electron chi connectivity index (χ2n) is 4.17. The molecule has 1 aromatic rings. The fourth-order valence-corrected chi connectivity index (χ4v) is 2.05. The van der Waals surface area contributed by atoms with Gasteiger partial charge in [-0.3, -0.25) is 4.90 Å². The van der Waals surface area contributed by atoms with Gasteiger partial charge < -0.3 is 4.90 Å². The van der Waals surface area contributed by atoms with Crippen molar-refractivity contribution >= 4 is 0 Å². The third-order valence-electron chi connectivity index (χ3n) is 3.04. The Balaban J connectivity index is 0.000000606. The van der Waals surface area contributed by atoms with Gasteiger partial charge >= 0.3 is 0 Å². The zero-order valence-corrected chi connectivity index (χ0v) is 11.0. The lowest BCUT2D eigenvalue weighted by atomic mass is 10.0. The van der Waals surface area contributed by atoms with Gasteiger partial charge in [0.1, 0.15) is 0 Å². The molecule has 0 spiro atoms. The van der Waals surface area contributed by atoms with E-state index in [2.05, 4.69) is 54.2 Å². The zero-order chi connectivity index (χ0) is 12.0. The van der Waals surface area contributed by atoms with Crippen LogP contribution in [0.5, 0.6) is 0 Å². The van der Waals surface area contributed by atoms with Gasteiger partial charge in [0.25, 0.3) is 0 Å². The van der Waals surface area contributed by atoms with E-state index in [9.17, 15) is 0 Å². The summed E-state index contributed by atoms with van der Waals surface area (Å²) in [4.78, 5) is 4.84. The lowest BCUT2D eigenvalue weighted by molar-refractivity contribution is 0.115. The molecule has 1 aliphatic rings. The molecule has 0 radical (unpaired) electrons.